The molecule has 49 heavy (non-hydrogen) atoms. The fourth-order valence-electron chi connectivity index (χ4n) is 8.76. The third-order valence-corrected chi connectivity index (χ3v) is 12.4. The first kappa shape index (κ1) is 29.0. The van der Waals surface area contributed by atoms with Gasteiger partial charge in [0.1, 0.15) is 0 Å². The number of hydrogen-bond donors (Lipinski definition) is 0. The van der Waals surface area contributed by atoms with Gasteiger partial charge in [0.05, 0.1) is 22.0 Å². The van der Waals surface area contributed by atoms with Crippen LogP contribution in [0.2, 0.25) is 0 Å². The van der Waals surface area contributed by atoms with Gasteiger partial charge in [-0.05, 0) is 90.6 Å². The molecule has 1 aliphatic heterocycles. The molecule has 4 aliphatic rings. The molecule has 0 bridgehead atoms. The molecule has 3 heteroatoms. The Morgan fingerprint density at radius 1 is 0.837 bits per heavy atom. The number of nitrogens with zero attached hydrogens (tertiary/aromatic N) is 2. The zero-order valence-corrected chi connectivity index (χ0v) is 28.6. The maximum absolute atomic E-state index is 5.43. The van der Waals surface area contributed by atoms with Crippen LogP contribution in [0.5, 0.6) is 0 Å². The Bertz CT molecular complexity index is 2620. The second kappa shape index (κ2) is 11.3. The Morgan fingerprint density at radius 3 is 2.59 bits per heavy atom. The van der Waals surface area contributed by atoms with Crippen molar-refractivity contribution in [1.29, 1.82) is 0 Å². The molecule has 0 radical (unpaired) electrons. The van der Waals surface area contributed by atoms with Gasteiger partial charge >= 0.3 is 0 Å². The molecule has 0 saturated carbocycles. The van der Waals surface area contributed by atoms with Gasteiger partial charge in [0, 0.05) is 42.5 Å². The third-order valence-electron chi connectivity index (χ3n) is 11.3. The van der Waals surface area contributed by atoms with Crippen LogP contribution in [-0.4, -0.2) is 16.3 Å². The number of aryl methyl sites for hydroxylation is 1. The van der Waals surface area contributed by atoms with Gasteiger partial charge in [-0.25, -0.2) is 0 Å². The zero-order chi connectivity index (χ0) is 32.5. The van der Waals surface area contributed by atoms with Crippen molar-refractivity contribution in [1.82, 2.24) is 4.57 Å². The summed E-state index contributed by atoms with van der Waals surface area (Å²) in [6, 6.07) is 29.3. The number of fused-ring (bicyclic) bond motifs is 10. The molecule has 3 heterocycles. The smallest absolute Gasteiger partial charge is 0.0725 e. The van der Waals surface area contributed by atoms with E-state index >= 15 is 0 Å². The van der Waals surface area contributed by atoms with Crippen LogP contribution >= 0.6 is 11.3 Å². The maximum Gasteiger partial charge on any atom is 0.0725 e. The molecular weight excluding hydrogens is 613 g/mol. The highest BCUT2D eigenvalue weighted by Gasteiger charge is 2.35. The highest BCUT2D eigenvalue weighted by molar-refractivity contribution is 7.26. The van der Waals surface area contributed by atoms with E-state index in [1.807, 2.05) is 11.3 Å². The Balaban J connectivity index is 1.21. The number of rotatable bonds is 4. The molecule has 2 aromatic heterocycles. The van der Waals surface area contributed by atoms with Gasteiger partial charge in [-0.3, -0.25) is 4.99 Å². The molecule has 4 aromatic carbocycles. The van der Waals surface area contributed by atoms with E-state index in [-0.39, 0.29) is 11.5 Å². The van der Waals surface area contributed by atoms with Crippen LogP contribution in [0.15, 0.2) is 120 Å². The van der Waals surface area contributed by atoms with Gasteiger partial charge < -0.3 is 4.57 Å². The van der Waals surface area contributed by atoms with Crippen molar-refractivity contribution in [3.63, 3.8) is 0 Å². The van der Waals surface area contributed by atoms with Crippen LogP contribution in [0.3, 0.4) is 0 Å². The number of hydrogen-bond acceptors (Lipinski definition) is 2. The minimum absolute atomic E-state index is 0.0220. The summed E-state index contributed by atoms with van der Waals surface area (Å²) < 4.78 is 5.40. The second-order valence-corrected chi connectivity index (χ2v) is 15.3. The quantitative estimate of drug-likeness (QED) is 0.181. The van der Waals surface area contributed by atoms with Crippen molar-refractivity contribution < 1.29 is 0 Å². The topological polar surface area (TPSA) is 17.3 Å². The summed E-state index contributed by atoms with van der Waals surface area (Å²) >= 11 is 1.97. The SMILES string of the molecule is CC1(C2CC(c3cccc(-n4c5c(c6c7c(c8c9ccccc9sc8c64)CCC=C7)=CCCC=5)c3)=CC(c3ccccc3)=N2)C=CC=CC1. The summed E-state index contributed by atoms with van der Waals surface area (Å²) in [7, 11) is 0. The fourth-order valence-corrected chi connectivity index (χ4v) is 10.0. The number of aliphatic imine (C=N–C) groups is 1. The standard InChI is InChI=1S/C46H38N2S/c1-46(25-12-3-13-26-46)41-29-32(28-38(47-41)30-15-4-2-5-16-30)31-17-14-18-33(27-31)48-39-23-10-8-21-36(39)42-34-19-6-7-20-35(34)43-37-22-9-11-24-40(37)49-45(43)44(42)48/h2-6,9,11-19,21-25,27-28,41H,7-8,10,20,26,29H2,1H3. The van der Waals surface area contributed by atoms with Gasteiger partial charge in [-0.2, -0.15) is 0 Å². The normalized spacial score (nSPS) is 21.3. The average molecular weight is 651 g/mol. The Hall–Kier alpha value is -4.99. The van der Waals surface area contributed by atoms with E-state index in [1.54, 1.807) is 0 Å². The summed E-state index contributed by atoms with van der Waals surface area (Å²) in [5.74, 6) is 0. The Kier molecular flexibility index (Phi) is 6.67. The summed E-state index contributed by atoms with van der Waals surface area (Å²) in [4.78, 5) is 5.43. The van der Waals surface area contributed by atoms with Crippen molar-refractivity contribution in [2.24, 2.45) is 10.4 Å². The van der Waals surface area contributed by atoms with E-state index in [1.165, 1.54) is 75.2 Å². The van der Waals surface area contributed by atoms with Crippen LogP contribution in [0, 0.1) is 5.41 Å². The molecule has 6 aromatic rings. The Labute approximate surface area is 291 Å². The average Bonchev–Trinajstić information content (AvgIpc) is 3.73. The van der Waals surface area contributed by atoms with Crippen molar-refractivity contribution >= 4 is 71.9 Å². The summed E-state index contributed by atoms with van der Waals surface area (Å²) in [5.41, 5.74) is 10.4. The Morgan fingerprint density at radius 2 is 1.69 bits per heavy atom. The molecule has 2 unspecified atom stereocenters. The van der Waals surface area contributed by atoms with Crippen LogP contribution in [-0.2, 0) is 6.42 Å². The van der Waals surface area contributed by atoms with E-state index in [4.69, 9.17) is 4.99 Å². The lowest BCUT2D eigenvalue weighted by Gasteiger charge is -2.36. The molecule has 0 saturated heterocycles. The zero-order valence-electron chi connectivity index (χ0n) is 27.8. The van der Waals surface area contributed by atoms with Gasteiger partial charge in [-0.15, -0.1) is 11.3 Å². The van der Waals surface area contributed by atoms with Crippen molar-refractivity contribution in [2.45, 2.75) is 51.5 Å². The number of aromatic nitrogens is 1. The number of dihydropyridines is 1. The molecule has 3 aliphatic carbocycles. The monoisotopic (exact) mass is 650 g/mol. The summed E-state index contributed by atoms with van der Waals surface area (Å²) in [5, 5.41) is 7.05. The van der Waals surface area contributed by atoms with E-state index in [9.17, 15) is 0 Å². The van der Waals surface area contributed by atoms with Gasteiger partial charge in [0.2, 0.25) is 0 Å². The first-order valence-electron chi connectivity index (χ1n) is 17.8. The first-order valence-corrected chi connectivity index (χ1v) is 18.6. The predicted octanol–water partition coefficient (Wildman–Crippen LogP) is 10.5. The van der Waals surface area contributed by atoms with Crippen molar-refractivity contribution in [3.8, 4) is 5.69 Å². The predicted molar refractivity (Wildman–Crippen MR) is 211 cm³/mol. The molecular formula is C46H38N2S. The number of benzene rings is 4. The summed E-state index contributed by atoms with van der Waals surface area (Å²) in [6.45, 7) is 2.37. The highest BCUT2D eigenvalue weighted by Crippen LogP contribution is 2.45. The minimum Gasteiger partial charge on any atom is -0.308 e. The molecule has 10 rings (SSSR count). The van der Waals surface area contributed by atoms with Gasteiger partial charge in [-0.1, -0.05) is 116 Å². The molecule has 0 amide bonds. The first-order chi connectivity index (χ1) is 24.2. The number of allylic oxidation sites excluding steroid dienone is 5. The van der Waals surface area contributed by atoms with Crippen LogP contribution < -0.4 is 10.6 Å². The van der Waals surface area contributed by atoms with Gasteiger partial charge in [0.15, 0.2) is 0 Å². The lowest BCUT2D eigenvalue weighted by molar-refractivity contribution is 0.340. The molecule has 2 nitrogen and oxygen atoms in total. The lowest BCUT2D eigenvalue weighted by Crippen LogP contribution is -2.32. The van der Waals surface area contributed by atoms with E-state index in [0.29, 0.717) is 0 Å². The van der Waals surface area contributed by atoms with Crippen molar-refractivity contribution in [2.75, 3.05) is 0 Å². The van der Waals surface area contributed by atoms with Gasteiger partial charge in [0.25, 0.3) is 0 Å². The van der Waals surface area contributed by atoms with E-state index < -0.39 is 0 Å². The maximum atomic E-state index is 5.43. The summed E-state index contributed by atoms with van der Waals surface area (Å²) in [6.07, 6.45) is 27.5. The minimum atomic E-state index is -0.0220. The molecule has 0 N–H and O–H groups in total. The van der Waals surface area contributed by atoms with Crippen LogP contribution in [0.4, 0.5) is 0 Å². The largest absolute Gasteiger partial charge is 0.308 e. The second-order valence-electron chi connectivity index (χ2n) is 14.3. The molecule has 2 atom stereocenters. The third kappa shape index (κ3) is 4.56. The lowest BCUT2D eigenvalue weighted by atomic mass is 9.73. The molecule has 0 spiro atoms. The van der Waals surface area contributed by atoms with Crippen LogP contribution in [0.1, 0.15) is 61.3 Å². The van der Waals surface area contributed by atoms with Crippen molar-refractivity contribution in [3.05, 3.63) is 148 Å². The molecule has 0 fully saturated rings. The van der Waals surface area contributed by atoms with Crippen LogP contribution in [0.25, 0.3) is 60.6 Å². The van der Waals surface area contributed by atoms with E-state index in [0.717, 1.165) is 44.2 Å². The fraction of sp³-hybridized carbons (Fsp3) is 0.196. The highest BCUT2D eigenvalue weighted by atomic mass is 32.1. The number of thiophene rings is 1. The molecule has 238 valence electrons. The van der Waals surface area contributed by atoms with E-state index in [2.05, 4.69) is 145 Å².